The monoisotopic (exact) mass is 310 g/mol. The molecule has 0 aliphatic rings. The van der Waals surface area contributed by atoms with E-state index < -0.39 is 0 Å². The average Bonchev–Trinajstić information content (AvgIpc) is 2.34. The van der Waals surface area contributed by atoms with Crippen molar-refractivity contribution in [2.24, 2.45) is 0 Å². The second-order valence-corrected chi connectivity index (χ2v) is 4.35. The Morgan fingerprint density at radius 1 is 1.44 bits per heavy atom. The van der Waals surface area contributed by atoms with Crippen LogP contribution in [0.1, 0.15) is 25.0 Å². The highest BCUT2D eigenvalue weighted by Crippen LogP contribution is 2.29. The van der Waals surface area contributed by atoms with Gasteiger partial charge in [0.25, 0.3) is 0 Å². The highest BCUT2D eigenvalue weighted by Gasteiger charge is 2.14. The zero-order valence-corrected chi connectivity index (χ0v) is 12.3. The molecule has 0 radical (unpaired) electrons. The molecule has 96 valence electrons. The van der Waals surface area contributed by atoms with Gasteiger partial charge >= 0.3 is 5.97 Å². The second-order valence-electron chi connectivity index (χ2n) is 3.50. The van der Waals surface area contributed by atoms with Crippen LogP contribution in [0.15, 0.2) is 16.6 Å². The van der Waals surface area contributed by atoms with Crippen LogP contribution in [0.4, 0.5) is 0 Å². The van der Waals surface area contributed by atoms with Crippen molar-refractivity contribution in [1.29, 1.82) is 0 Å². The first-order chi connectivity index (χ1) is 8.62. The maximum atomic E-state index is 11.4. The van der Waals surface area contributed by atoms with Crippen LogP contribution in [0.3, 0.4) is 0 Å². The maximum Gasteiger partial charge on any atom is 0.310 e. The number of carbonyl (C=O) groups is 1. The fraction of sp³-hybridized carbons (Fsp3) is 0.357. The minimum Gasteiger partial charge on any atom is -0.493 e. The van der Waals surface area contributed by atoms with Crippen molar-refractivity contribution >= 4 is 21.9 Å². The zero-order valence-electron chi connectivity index (χ0n) is 10.7. The molecule has 0 saturated carbocycles. The van der Waals surface area contributed by atoms with E-state index in [1.54, 1.807) is 6.92 Å². The summed E-state index contributed by atoms with van der Waals surface area (Å²) >= 11 is 3.44. The van der Waals surface area contributed by atoms with Crippen LogP contribution in [-0.4, -0.2) is 19.7 Å². The molecule has 0 N–H and O–H groups in total. The van der Waals surface area contributed by atoms with E-state index in [4.69, 9.17) is 4.74 Å². The molecule has 4 heteroatoms. The van der Waals surface area contributed by atoms with E-state index in [0.717, 1.165) is 15.6 Å². The van der Waals surface area contributed by atoms with Crippen molar-refractivity contribution < 1.29 is 14.3 Å². The van der Waals surface area contributed by atoms with Gasteiger partial charge < -0.3 is 9.47 Å². The largest absolute Gasteiger partial charge is 0.493 e. The number of benzene rings is 1. The molecular weight excluding hydrogens is 296 g/mol. The lowest BCUT2D eigenvalue weighted by atomic mass is 10.1. The van der Waals surface area contributed by atoms with Crippen molar-refractivity contribution in [3.8, 4) is 17.6 Å². The molecule has 0 spiro atoms. The van der Waals surface area contributed by atoms with Crippen molar-refractivity contribution in [2.75, 3.05) is 13.7 Å². The van der Waals surface area contributed by atoms with E-state index in [1.807, 2.05) is 19.1 Å². The van der Waals surface area contributed by atoms with Crippen LogP contribution in [0.5, 0.6) is 5.75 Å². The summed E-state index contributed by atoms with van der Waals surface area (Å²) in [7, 11) is 1.37. The van der Waals surface area contributed by atoms with Gasteiger partial charge in [-0.1, -0.05) is 21.9 Å². The Morgan fingerprint density at radius 3 is 2.72 bits per heavy atom. The predicted octanol–water partition coefficient (Wildman–Crippen LogP) is 2.93. The van der Waals surface area contributed by atoms with Gasteiger partial charge in [0.05, 0.1) is 20.1 Å². The fourth-order valence-electron chi connectivity index (χ4n) is 1.50. The SMILES string of the molecule is CC#Cc1cc(Br)c(CC(=O)OC)c(OCC)c1. The molecule has 0 atom stereocenters. The molecule has 18 heavy (non-hydrogen) atoms. The van der Waals surface area contributed by atoms with Gasteiger partial charge in [0.2, 0.25) is 0 Å². The summed E-state index contributed by atoms with van der Waals surface area (Å²) in [6.07, 6.45) is 0.173. The molecule has 0 amide bonds. The number of ether oxygens (including phenoxy) is 2. The van der Waals surface area contributed by atoms with Gasteiger partial charge in [-0.2, -0.15) is 0 Å². The van der Waals surface area contributed by atoms with Gasteiger partial charge in [0, 0.05) is 15.6 Å². The lowest BCUT2D eigenvalue weighted by Crippen LogP contribution is -2.08. The number of methoxy groups -OCH3 is 1. The van der Waals surface area contributed by atoms with Gasteiger partial charge in [-0.15, -0.1) is 5.92 Å². The number of halogens is 1. The number of esters is 1. The van der Waals surface area contributed by atoms with Crippen LogP contribution in [-0.2, 0) is 16.0 Å². The molecule has 0 aliphatic carbocycles. The van der Waals surface area contributed by atoms with Crippen LogP contribution in [0.25, 0.3) is 0 Å². The Hall–Kier alpha value is -1.47. The molecule has 0 bridgehead atoms. The topological polar surface area (TPSA) is 35.5 Å². The third kappa shape index (κ3) is 3.78. The van der Waals surface area contributed by atoms with E-state index in [2.05, 4.69) is 32.5 Å². The lowest BCUT2D eigenvalue weighted by molar-refractivity contribution is -0.139. The van der Waals surface area contributed by atoms with Crippen LogP contribution < -0.4 is 4.74 Å². The predicted molar refractivity (Wildman–Crippen MR) is 73.6 cm³/mol. The first kappa shape index (κ1) is 14.6. The Kier molecular flexibility index (Phi) is 5.73. The summed E-state index contributed by atoms with van der Waals surface area (Å²) < 4.78 is 11.0. The summed E-state index contributed by atoms with van der Waals surface area (Å²) in [4.78, 5) is 11.4. The van der Waals surface area contributed by atoms with Crippen molar-refractivity contribution in [1.82, 2.24) is 0 Å². The van der Waals surface area contributed by atoms with E-state index >= 15 is 0 Å². The summed E-state index contributed by atoms with van der Waals surface area (Å²) in [6, 6.07) is 3.71. The smallest absolute Gasteiger partial charge is 0.310 e. The molecule has 1 aromatic rings. The number of hydrogen-bond acceptors (Lipinski definition) is 3. The lowest BCUT2D eigenvalue weighted by Gasteiger charge is -2.12. The number of rotatable bonds is 4. The third-order valence-electron chi connectivity index (χ3n) is 2.27. The summed E-state index contributed by atoms with van der Waals surface area (Å²) in [5.41, 5.74) is 1.63. The molecule has 0 unspecified atom stereocenters. The van der Waals surface area contributed by atoms with Crippen molar-refractivity contribution in [3.05, 3.63) is 27.7 Å². The molecule has 0 heterocycles. The van der Waals surface area contributed by atoms with Gasteiger partial charge in [0.1, 0.15) is 5.75 Å². The minimum atomic E-state index is -0.300. The van der Waals surface area contributed by atoms with Crippen molar-refractivity contribution in [3.63, 3.8) is 0 Å². The molecule has 1 rings (SSSR count). The Balaban J connectivity index is 3.20. The summed E-state index contributed by atoms with van der Waals surface area (Å²) in [5, 5.41) is 0. The quantitative estimate of drug-likeness (QED) is 0.633. The van der Waals surface area contributed by atoms with Gasteiger partial charge in [0.15, 0.2) is 0 Å². The molecule has 0 aromatic heterocycles. The molecule has 3 nitrogen and oxygen atoms in total. The third-order valence-corrected chi connectivity index (χ3v) is 2.98. The number of hydrogen-bond donors (Lipinski definition) is 0. The molecular formula is C14H15BrO3. The van der Waals surface area contributed by atoms with E-state index in [-0.39, 0.29) is 12.4 Å². The highest BCUT2D eigenvalue weighted by atomic mass is 79.9. The first-order valence-electron chi connectivity index (χ1n) is 5.57. The maximum absolute atomic E-state index is 11.4. The fourth-order valence-corrected chi connectivity index (χ4v) is 2.08. The van der Waals surface area contributed by atoms with Crippen molar-refractivity contribution in [2.45, 2.75) is 20.3 Å². The molecule has 0 aliphatic heterocycles. The normalized spacial score (nSPS) is 9.33. The summed E-state index contributed by atoms with van der Waals surface area (Å²) in [6.45, 7) is 4.20. The Labute approximate surface area is 116 Å². The summed E-state index contributed by atoms with van der Waals surface area (Å²) in [5.74, 6) is 6.16. The second kappa shape index (κ2) is 7.07. The van der Waals surface area contributed by atoms with Gasteiger partial charge in [-0.05, 0) is 26.0 Å². The van der Waals surface area contributed by atoms with E-state index in [9.17, 15) is 4.79 Å². The van der Waals surface area contributed by atoms with Crippen LogP contribution >= 0.6 is 15.9 Å². The van der Waals surface area contributed by atoms with Crippen LogP contribution in [0, 0.1) is 11.8 Å². The Morgan fingerprint density at radius 2 is 2.17 bits per heavy atom. The molecule has 0 saturated heterocycles. The highest BCUT2D eigenvalue weighted by molar-refractivity contribution is 9.10. The van der Waals surface area contributed by atoms with Gasteiger partial charge in [-0.25, -0.2) is 0 Å². The average molecular weight is 311 g/mol. The van der Waals surface area contributed by atoms with Crippen LogP contribution in [0.2, 0.25) is 0 Å². The Bertz CT molecular complexity index is 498. The molecule has 1 aromatic carbocycles. The van der Waals surface area contributed by atoms with E-state index in [1.165, 1.54) is 7.11 Å². The van der Waals surface area contributed by atoms with E-state index in [0.29, 0.717) is 12.4 Å². The standard InChI is InChI=1S/C14H15BrO3/c1-4-6-10-7-12(15)11(9-14(16)17-3)13(8-10)18-5-2/h7-8H,5,9H2,1-3H3. The minimum absolute atomic E-state index is 0.173. The first-order valence-corrected chi connectivity index (χ1v) is 6.36. The number of carbonyl (C=O) groups excluding carboxylic acids is 1. The molecule has 0 fully saturated rings. The zero-order chi connectivity index (χ0) is 13.5. The van der Waals surface area contributed by atoms with Gasteiger partial charge in [-0.3, -0.25) is 4.79 Å².